The maximum absolute atomic E-state index is 12.9. The minimum absolute atomic E-state index is 0.0160. The summed E-state index contributed by atoms with van der Waals surface area (Å²) in [4.78, 5) is 11.7. The molecular formula is C30H41N5O4S. The second kappa shape index (κ2) is 13.0. The SMILES string of the molecule is Cc1cnc(Nc2ccc(C3CCN(CCO)CC3)cc2OC(C)C)nc1Nc1ccccc1S(=O)(=O)C(C)C. The first-order chi connectivity index (χ1) is 19.1. The van der Waals surface area contributed by atoms with Crippen molar-refractivity contribution in [1.82, 2.24) is 14.9 Å². The number of aromatic nitrogens is 2. The van der Waals surface area contributed by atoms with E-state index in [0.29, 0.717) is 23.4 Å². The quantitative estimate of drug-likeness (QED) is 0.279. The number of nitrogens with zero attached hydrogens (tertiary/aromatic N) is 3. The molecule has 10 heteroatoms. The minimum Gasteiger partial charge on any atom is -0.489 e. The van der Waals surface area contributed by atoms with Crippen LogP contribution >= 0.6 is 0 Å². The third kappa shape index (κ3) is 7.10. The van der Waals surface area contributed by atoms with Gasteiger partial charge in [0.25, 0.3) is 0 Å². The Balaban J connectivity index is 1.58. The van der Waals surface area contributed by atoms with Crippen LogP contribution in [0.5, 0.6) is 5.75 Å². The first kappa shape index (κ1) is 29.8. The highest BCUT2D eigenvalue weighted by atomic mass is 32.2. The maximum atomic E-state index is 12.9. The predicted molar refractivity (Wildman–Crippen MR) is 160 cm³/mol. The zero-order valence-electron chi connectivity index (χ0n) is 24.0. The summed E-state index contributed by atoms with van der Waals surface area (Å²) in [6.07, 6.45) is 3.77. The van der Waals surface area contributed by atoms with E-state index in [9.17, 15) is 13.5 Å². The van der Waals surface area contributed by atoms with Gasteiger partial charge in [0.15, 0.2) is 9.84 Å². The highest BCUT2D eigenvalue weighted by molar-refractivity contribution is 7.92. The summed E-state index contributed by atoms with van der Waals surface area (Å²) in [5.74, 6) is 2.06. The van der Waals surface area contributed by atoms with E-state index in [1.54, 1.807) is 44.3 Å². The van der Waals surface area contributed by atoms with Crippen LogP contribution in [0, 0.1) is 6.92 Å². The van der Waals surface area contributed by atoms with Crippen LogP contribution in [-0.2, 0) is 9.84 Å². The number of rotatable bonds is 11. The Morgan fingerprint density at radius 3 is 2.45 bits per heavy atom. The van der Waals surface area contributed by atoms with Gasteiger partial charge in [0.2, 0.25) is 5.95 Å². The molecule has 1 aliphatic heterocycles. The first-order valence-electron chi connectivity index (χ1n) is 13.9. The Labute approximate surface area is 237 Å². The number of hydrogen-bond donors (Lipinski definition) is 3. The fourth-order valence-electron chi connectivity index (χ4n) is 4.83. The number of anilines is 4. The van der Waals surface area contributed by atoms with E-state index in [1.807, 2.05) is 26.8 Å². The van der Waals surface area contributed by atoms with Gasteiger partial charge in [-0.05, 0) is 96.3 Å². The van der Waals surface area contributed by atoms with Gasteiger partial charge in [-0.2, -0.15) is 4.98 Å². The van der Waals surface area contributed by atoms with E-state index >= 15 is 0 Å². The van der Waals surface area contributed by atoms with Crippen LogP contribution in [0.4, 0.5) is 23.1 Å². The average Bonchev–Trinajstić information content (AvgIpc) is 2.92. The molecule has 0 bridgehead atoms. The molecule has 40 heavy (non-hydrogen) atoms. The van der Waals surface area contributed by atoms with Gasteiger partial charge in [0.1, 0.15) is 11.6 Å². The molecule has 1 aliphatic rings. The molecule has 0 atom stereocenters. The van der Waals surface area contributed by atoms with Crippen LogP contribution in [0.3, 0.4) is 0 Å². The molecule has 1 saturated heterocycles. The van der Waals surface area contributed by atoms with Crippen molar-refractivity contribution in [2.45, 2.75) is 69.6 Å². The van der Waals surface area contributed by atoms with Crippen LogP contribution in [0.1, 0.15) is 57.6 Å². The van der Waals surface area contributed by atoms with Gasteiger partial charge in [0.05, 0.1) is 34.2 Å². The van der Waals surface area contributed by atoms with Crippen LogP contribution in [0.15, 0.2) is 53.6 Å². The highest BCUT2D eigenvalue weighted by Crippen LogP contribution is 2.36. The fraction of sp³-hybridized carbons (Fsp3) is 0.467. The number of benzene rings is 2. The molecule has 0 unspecified atom stereocenters. The van der Waals surface area contributed by atoms with Crippen molar-refractivity contribution in [2.75, 3.05) is 36.9 Å². The number of piperidine rings is 1. The molecule has 0 saturated carbocycles. The molecule has 0 aliphatic carbocycles. The van der Waals surface area contributed by atoms with Crippen molar-refractivity contribution in [3.8, 4) is 5.75 Å². The van der Waals surface area contributed by atoms with Gasteiger partial charge in [-0.3, -0.25) is 0 Å². The zero-order valence-corrected chi connectivity index (χ0v) is 24.8. The van der Waals surface area contributed by atoms with Crippen LogP contribution in [0.2, 0.25) is 0 Å². The number of para-hydroxylation sites is 1. The van der Waals surface area contributed by atoms with Gasteiger partial charge >= 0.3 is 0 Å². The smallest absolute Gasteiger partial charge is 0.229 e. The molecular weight excluding hydrogens is 526 g/mol. The minimum atomic E-state index is -3.49. The summed E-state index contributed by atoms with van der Waals surface area (Å²) < 4.78 is 32.1. The number of nitrogens with one attached hydrogen (secondary N) is 2. The number of aliphatic hydroxyl groups is 1. The second-order valence-corrected chi connectivity index (χ2v) is 13.3. The molecule has 4 rings (SSSR count). The largest absolute Gasteiger partial charge is 0.489 e. The van der Waals surface area contributed by atoms with E-state index < -0.39 is 15.1 Å². The van der Waals surface area contributed by atoms with Crippen LogP contribution < -0.4 is 15.4 Å². The van der Waals surface area contributed by atoms with Crippen molar-refractivity contribution in [3.05, 3.63) is 59.8 Å². The number of sulfone groups is 1. The molecule has 1 fully saturated rings. The summed E-state index contributed by atoms with van der Waals surface area (Å²) >= 11 is 0. The number of aryl methyl sites for hydroxylation is 1. The lowest BCUT2D eigenvalue weighted by Gasteiger charge is -2.32. The lowest BCUT2D eigenvalue weighted by Crippen LogP contribution is -2.34. The van der Waals surface area contributed by atoms with Gasteiger partial charge in [-0.1, -0.05) is 18.2 Å². The molecule has 0 radical (unpaired) electrons. The highest BCUT2D eigenvalue weighted by Gasteiger charge is 2.24. The Hall–Kier alpha value is -3.21. The van der Waals surface area contributed by atoms with Crippen molar-refractivity contribution in [2.24, 2.45) is 0 Å². The molecule has 3 N–H and O–H groups in total. The molecule has 0 spiro atoms. The first-order valence-corrected chi connectivity index (χ1v) is 15.5. The number of aliphatic hydroxyl groups excluding tert-OH is 1. The van der Waals surface area contributed by atoms with Crippen molar-refractivity contribution >= 4 is 33.0 Å². The molecule has 2 aromatic carbocycles. The average molecular weight is 568 g/mol. The maximum Gasteiger partial charge on any atom is 0.229 e. The third-order valence-corrected chi connectivity index (χ3v) is 9.34. The molecule has 216 valence electrons. The summed E-state index contributed by atoms with van der Waals surface area (Å²) in [5.41, 5.74) is 3.25. The number of ether oxygens (including phenoxy) is 1. The fourth-order valence-corrected chi connectivity index (χ4v) is 6.03. The molecule has 0 amide bonds. The van der Waals surface area contributed by atoms with Crippen LogP contribution in [0.25, 0.3) is 0 Å². The summed E-state index contributed by atoms with van der Waals surface area (Å²) in [6.45, 7) is 12.1. The summed E-state index contributed by atoms with van der Waals surface area (Å²) in [5, 5.41) is 15.2. The molecule has 2 heterocycles. The monoisotopic (exact) mass is 567 g/mol. The van der Waals surface area contributed by atoms with E-state index in [2.05, 4.69) is 37.6 Å². The summed E-state index contributed by atoms with van der Waals surface area (Å²) in [7, 11) is -3.49. The molecule has 1 aromatic heterocycles. The third-order valence-electron chi connectivity index (χ3n) is 7.13. The Morgan fingerprint density at radius 2 is 1.77 bits per heavy atom. The van der Waals surface area contributed by atoms with Crippen LogP contribution in [-0.4, -0.2) is 66.0 Å². The Morgan fingerprint density at radius 1 is 1.05 bits per heavy atom. The van der Waals surface area contributed by atoms with Crippen molar-refractivity contribution < 1.29 is 18.3 Å². The zero-order chi connectivity index (χ0) is 28.9. The Bertz CT molecular complexity index is 1400. The number of β-amino-alcohol motifs (C(OH)–C–C–N with tert-alkyl or cyclic N) is 1. The second-order valence-electron chi connectivity index (χ2n) is 10.8. The topological polar surface area (TPSA) is 117 Å². The summed E-state index contributed by atoms with van der Waals surface area (Å²) in [6, 6.07) is 13.1. The standard InChI is InChI=1S/C30H41N5O4S/c1-20(2)39-27-18-24(23-12-14-35(15-13-23)16-17-36)10-11-25(27)33-30-31-19-22(5)29(34-30)32-26-8-6-7-9-28(26)40(37,38)21(3)4/h6-11,18-21,23,36H,12-17H2,1-5H3,(H2,31,32,33,34). The van der Waals surface area contributed by atoms with E-state index in [0.717, 1.165) is 49.5 Å². The van der Waals surface area contributed by atoms with E-state index in [4.69, 9.17) is 4.74 Å². The van der Waals surface area contributed by atoms with Gasteiger partial charge in [0, 0.05) is 18.3 Å². The normalized spacial score (nSPS) is 15.0. The predicted octanol–water partition coefficient (Wildman–Crippen LogP) is 5.41. The van der Waals surface area contributed by atoms with Gasteiger partial charge in [-0.15, -0.1) is 0 Å². The lowest BCUT2D eigenvalue weighted by atomic mass is 9.89. The van der Waals surface area contributed by atoms with Gasteiger partial charge in [-0.25, -0.2) is 13.4 Å². The van der Waals surface area contributed by atoms with E-state index in [1.165, 1.54) is 5.56 Å². The van der Waals surface area contributed by atoms with Gasteiger partial charge < -0.3 is 25.4 Å². The number of likely N-dealkylation sites (tertiary alicyclic amines) is 1. The Kier molecular flexibility index (Phi) is 9.65. The lowest BCUT2D eigenvalue weighted by molar-refractivity contribution is 0.164. The van der Waals surface area contributed by atoms with Crippen molar-refractivity contribution in [1.29, 1.82) is 0 Å². The molecule has 3 aromatic rings. The number of hydrogen-bond acceptors (Lipinski definition) is 9. The van der Waals surface area contributed by atoms with E-state index in [-0.39, 0.29) is 17.6 Å². The molecule has 9 nitrogen and oxygen atoms in total. The van der Waals surface area contributed by atoms with Crippen molar-refractivity contribution in [3.63, 3.8) is 0 Å².